The highest BCUT2D eigenvalue weighted by molar-refractivity contribution is 5.79. The number of likely N-dealkylation sites (N-methyl/N-ethyl adjacent to an activating group) is 1. The summed E-state index contributed by atoms with van der Waals surface area (Å²) in [7, 11) is 7.62. The van der Waals surface area contributed by atoms with Crippen LogP contribution in [0.15, 0.2) is 59.6 Å². The van der Waals surface area contributed by atoms with E-state index in [-0.39, 0.29) is 6.04 Å². The summed E-state index contributed by atoms with van der Waals surface area (Å²) in [6, 6.07) is 18.2. The lowest BCUT2D eigenvalue weighted by Crippen LogP contribution is -2.42. The first-order chi connectivity index (χ1) is 13.6. The van der Waals surface area contributed by atoms with Gasteiger partial charge in [0.15, 0.2) is 5.96 Å². The third-order valence-corrected chi connectivity index (χ3v) is 4.41. The fraction of sp³-hybridized carbons (Fsp3) is 0.409. The van der Waals surface area contributed by atoms with Crippen molar-refractivity contribution in [1.82, 2.24) is 15.5 Å². The quantitative estimate of drug-likeness (QED) is 0.375. The Morgan fingerprint density at radius 2 is 1.79 bits per heavy atom. The van der Waals surface area contributed by atoms with Crippen molar-refractivity contribution in [1.29, 1.82) is 0 Å². The van der Waals surface area contributed by atoms with Crippen LogP contribution in [0.3, 0.4) is 0 Å². The fourth-order valence-electron chi connectivity index (χ4n) is 2.85. The lowest BCUT2D eigenvalue weighted by atomic mass is 10.1. The van der Waals surface area contributed by atoms with Gasteiger partial charge in [0.1, 0.15) is 11.5 Å². The second-order valence-electron chi connectivity index (χ2n) is 6.65. The molecule has 0 aliphatic heterocycles. The fourth-order valence-corrected chi connectivity index (χ4v) is 2.85. The van der Waals surface area contributed by atoms with Crippen LogP contribution < -0.4 is 20.1 Å². The predicted molar refractivity (Wildman–Crippen MR) is 115 cm³/mol. The summed E-state index contributed by atoms with van der Waals surface area (Å²) >= 11 is 0. The van der Waals surface area contributed by atoms with E-state index < -0.39 is 0 Å². The molecule has 152 valence electrons. The zero-order valence-electron chi connectivity index (χ0n) is 17.3. The third-order valence-electron chi connectivity index (χ3n) is 4.41. The molecular formula is C22H32N4O2. The van der Waals surface area contributed by atoms with Gasteiger partial charge in [0, 0.05) is 20.1 Å². The van der Waals surface area contributed by atoms with Gasteiger partial charge in [-0.3, -0.25) is 4.99 Å². The Bertz CT molecular complexity index is 719. The maximum Gasteiger partial charge on any atom is 0.191 e. The second kappa shape index (κ2) is 11.9. The van der Waals surface area contributed by atoms with Crippen LogP contribution in [0, 0.1) is 0 Å². The molecule has 0 aliphatic rings. The number of ether oxygens (including phenoxy) is 2. The lowest BCUT2D eigenvalue weighted by molar-refractivity contribution is 0.296. The second-order valence-corrected chi connectivity index (χ2v) is 6.65. The van der Waals surface area contributed by atoms with Crippen molar-refractivity contribution in [2.45, 2.75) is 12.5 Å². The van der Waals surface area contributed by atoms with Gasteiger partial charge in [0.2, 0.25) is 0 Å². The average molecular weight is 385 g/mol. The summed E-state index contributed by atoms with van der Waals surface area (Å²) in [5, 5.41) is 6.75. The van der Waals surface area contributed by atoms with Crippen LogP contribution in [0.1, 0.15) is 18.0 Å². The zero-order valence-corrected chi connectivity index (χ0v) is 17.3. The molecule has 0 aliphatic carbocycles. The Labute approximate surface area is 168 Å². The SMILES string of the molecule is CN=C(NCCCOc1ccccc1)NCC(c1cccc(OC)c1)N(C)C. The Balaban J connectivity index is 1.77. The maximum absolute atomic E-state index is 5.71. The molecule has 2 aromatic rings. The molecule has 0 saturated carbocycles. The minimum Gasteiger partial charge on any atom is -0.497 e. The highest BCUT2D eigenvalue weighted by Gasteiger charge is 2.15. The molecule has 6 nitrogen and oxygen atoms in total. The molecule has 0 amide bonds. The smallest absolute Gasteiger partial charge is 0.191 e. The molecular weight excluding hydrogens is 352 g/mol. The molecule has 0 bridgehead atoms. The van der Waals surface area contributed by atoms with Gasteiger partial charge in [-0.2, -0.15) is 0 Å². The van der Waals surface area contributed by atoms with E-state index in [2.05, 4.69) is 46.8 Å². The van der Waals surface area contributed by atoms with Gasteiger partial charge in [-0.15, -0.1) is 0 Å². The molecule has 1 unspecified atom stereocenters. The van der Waals surface area contributed by atoms with E-state index in [0.29, 0.717) is 6.61 Å². The van der Waals surface area contributed by atoms with Crippen LogP contribution in [0.25, 0.3) is 0 Å². The normalized spacial score (nSPS) is 12.5. The van der Waals surface area contributed by atoms with E-state index >= 15 is 0 Å². The zero-order chi connectivity index (χ0) is 20.2. The molecule has 1 atom stereocenters. The van der Waals surface area contributed by atoms with Crippen LogP contribution in [0.4, 0.5) is 0 Å². The van der Waals surface area contributed by atoms with Gasteiger partial charge >= 0.3 is 0 Å². The largest absolute Gasteiger partial charge is 0.497 e. The third kappa shape index (κ3) is 7.12. The topological polar surface area (TPSA) is 58.1 Å². The van der Waals surface area contributed by atoms with Crippen LogP contribution in [0.5, 0.6) is 11.5 Å². The van der Waals surface area contributed by atoms with Gasteiger partial charge in [-0.05, 0) is 50.3 Å². The number of benzene rings is 2. The number of hydrogen-bond acceptors (Lipinski definition) is 4. The van der Waals surface area contributed by atoms with Gasteiger partial charge in [0.25, 0.3) is 0 Å². The van der Waals surface area contributed by atoms with Crippen LogP contribution in [-0.4, -0.2) is 58.8 Å². The molecule has 2 aromatic carbocycles. The number of nitrogens with one attached hydrogen (secondary N) is 2. The highest BCUT2D eigenvalue weighted by Crippen LogP contribution is 2.22. The summed E-state index contributed by atoms with van der Waals surface area (Å²) in [4.78, 5) is 6.50. The molecule has 0 fully saturated rings. The lowest BCUT2D eigenvalue weighted by Gasteiger charge is -2.26. The first kappa shape index (κ1) is 21.6. The molecule has 0 aromatic heterocycles. The maximum atomic E-state index is 5.71. The predicted octanol–water partition coefficient (Wildman–Crippen LogP) is 2.93. The Hall–Kier alpha value is -2.73. The van der Waals surface area contributed by atoms with E-state index in [1.54, 1.807) is 14.2 Å². The van der Waals surface area contributed by atoms with Gasteiger partial charge in [-0.25, -0.2) is 0 Å². The number of nitrogens with zero attached hydrogens (tertiary/aromatic N) is 2. The first-order valence-electron chi connectivity index (χ1n) is 9.56. The molecule has 2 N–H and O–H groups in total. The Kier molecular flexibility index (Phi) is 9.15. The molecule has 0 heterocycles. The van der Waals surface area contributed by atoms with Crippen LogP contribution in [0.2, 0.25) is 0 Å². The number of rotatable bonds is 10. The van der Waals surface area contributed by atoms with E-state index in [1.165, 1.54) is 5.56 Å². The van der Waals surface area contributed by atoms with Crippen molar-refractivity contribution in [3.63, 3.8) is 0 Å². The molecule has 6 heteroatoms. The van der Waals surface area contributed by atoms with Gasteiger partial charge in [0.05, 0.1) is 19.8 Å². The van der Waals surface area contributed by atoms with Crippen molar-refractivity contribution in [2.24, 2.45) is 4.99 Å². The number of guanidine groups is 1. The van der Waals surface area contributed by atoms with Crippen molar-refractivity contribution in [3.8, 4) is 11.5 Å². The van der Waals surface area contributed by atoms with E-state index in [1.807, 2.05) is 42.5 Å². The molecule has 0 saturated heterocycles. The summed E-state index contributed by atoms with van der Waals surface area (Å²) in [5.74, 6) is 2.55. The standard InChI is InChI=1S/C22H32N4O2/c1-23-22(24-14-9-15-28-19-11-6-5-7-12-19)25-17-21(26(2)3)18-10-8-13-20(16-18)27-4/h5-8,10-13,16,21H,9,14-15,17H2,1-4H3,(H2,23,24,25). The van der Waals surface area contributed by atoms with Crippen molar-refractivity contribution >= 4 is 5.96 Å². The minimum atomic E-state index is 0.204. The first-order valence-corrected chi connectivity index (χ1v) is 9.56. The number of para-hydroxylation sites is 1. The average Bonchev–Trinajstić information content (AvgIpc) is 2.73. The molecule has 2 rings (SSSR count). The van der Waals surface area contributed by atoms with Crippen LogP contribution >= 0.6 is 0 Å². The highest BCUT2D eigenvalue weighted by atomic mass is 16.5. The Morgan fingerprint density at radius 1 is 1.04 bits per heavy atom. The monoisotopic (exact) mass is 384 g/mol. The van der Waals surface area contributed by atoms with Crippen molar-refractivity contribution in [3.05, 3.63) is 60.2 Å². The Morgan fingerprint density at radius 3 is 2.46 bits per heavy atom. The summed E-state index contributed by atoms with van der Waals surface area (Å²) in [6.45, 7) is 2.19. The number of aliphatic imine (C=N–C) groups is 1. The molecule has 0 spiro atoms. The van der Waals surface area contributed by atoms with E-state index in [0.717, 1.165) is 37.0 Å². The van der Waals surface area contributed by atoms with Crippen molar-refractivity contribution < 1.29 is 9.47 Å². The number of hydrogen-bond donors (Lipinski definition) is 2. The van der Waals surface area contributed by atoms with Crippen molar-refractivity contribution in [2.75, 3.05) is 47.9 Å². The van der Waals surface area contributed by atoms with E-state index in [4.69, 9.17) is 9.47 Å². The summed E-state index contributed by atoms with van der Waals surface area (Å²) < 4.78 is 11.1. The molecule has 28 heavy (non-hydrogen) atoms. The van der Waals surface area contributed by atoms with Gasteiger partial charge < -0.3 is 25.0 Å². The van der Waals surface area contributed by atoms with E-state index in [9.17, 15) is 0 Å². The summed E-state index contributed by atoms with van der Waals surface area (Å²) in [6.07, 6.45) is 0.891. The summed E-state index contributed by atoms with van der Waals surface area (Å²) in [5.41, 5.74) is 1.20. The minimum absolute atomic E-state index is 0.204. The number of methoxy groups -OCH3 is 1. The van der Waals surface area contributed by atoms with Crippen LogP contribution in [-0.2, 0) is 0 Å². The molecule has 0 radical (unpaired) electrons. The van der Waals surface area contributed by atoms with Gasteiger partial charge in [-0.1, -0.05) is 30.3 Å².